The molecule has 0 N–H and O–H groups in total. The molecule has 0 radical (unpaired) electrons. The second-order valence-corrected chi connectivity index (χ2v) is 17.1. The third kappa shape index (κ3) is 3.07. The summed E-state index contributed by atoms with van der Waals surface area (Å²) in [5.41, 5.74) is 1.64. The fourth-order valence-corrected chi connectivity index (χ4v) is 4.27. The van der Waals surface area contributed by atoms with Crippen LogP contribution in [0.15, 0.2) is 18.3 Å². The topological polar surface area (TPSA) is 3.88 Å². The number of hydrogen-bond donors (Lipinski definition) is 0. The molecule has 1 rings (SSSR count). The van der Waals surface area contributed by atoms with Gasteiger partial charge in [0, 0.05) is 0 Å². The molecule has 0 aliphatic rings. The van der Waals surface area contributed by atoms with Crippen LogP contribution in [-0.2, 0) is 12.5 Å². The first kappa shape index (κ1) is 12.8. The first-order valence-corrected chi connectivity index (χ1v) is 13.0. The van der Waals surface area contributed by atoms with Crippen molar-refractivity contribution in [3.63, 3.8) is 0 Å². The SMILES string of the molecule is C[n+]1c[c]([Ge]([CH3])([CH3])[CH3])ccc1C(C)(C)C. The van der Waals surface area contributed by atoms with Gasteiger partial charge in [0.25, 0.3) is 0 Å². The van der Waals surface area contributed by atoms with Gasteiger partial charge in [-0.15, -0.1) is 0 Å². The third-order valence-corrected chi connectivity index (χ3v) is 7.02. The Hall–Kier alpha value is -0.307. The molecule has 0 fully saturated rings. The summed E-state index contributed by atoms with van der Waals surface area (Å²) in [6.45, 7) is 6.79. The summed E-state index contributed by atoms with van der Waals surface area (Å²) in [5.74, 6) is 7.31. The summed E-state index contributed by atoms with van der Waals surface area (Å²) in [4.78, 5) is 0. The average Bonchev–Trinajstić information content (AvgIpc) is 1.99. The Morgan fingerprint density at radius 1 is 1.07 bits per heavy atom. The van der Waals surface area contributed by atoms with E-state index in [1.807, 2.05) is 0 Å². The zero-order valence-corrected chi connectivity index (χ0v) is 13.3. The second kappa shape index (κ2) is 3.93. The Morgan fingerprint density at radius 3 is 1.93 bits per heavy atom. The molecule has 0 atom stereocenters. The van der Waals surface area contributed by atoms with Gasteiger partial charge >= 0.3 is 96.8 Å². The first-order valence-electron chi connectivity index (χ1n) is 5.63. The number of aryl methyl sites for hydroxylation is 1. The van der Waals surface area contributed by atoms with Gasteiger partial charge in [-0.3, -0.25) is 0 Å². The van der Waals surface area contributed by atoms with E-state index < -0.39 is 13.3 Å². The molecular formula is C13H24GeN+. The molecule has 15 heavy (non-hydrogen) atoms. The van der Waals surface area contributed by atoms with Crippen LogP contribution in [0.2, 0.25) is 17.3 Å². The van der Waals surface area contributed by atoms with Crippen LogP contribution in [0.3, 0.4) is 0 Å². The Morgan fingerprint density at radius 2 is 1.60 bits per heavy atom. The van der Waals surface area contributed by atoms with Gasteiger partial charge in [0.05, 0.1) is 0 Å². The summed E-state index contributed by atoms with van der Waals surface area (Å²) in [7, 11) is 2.16. The van der Waals surface area contributed by atoms with E-state index in [1.165, 1.54) is 5.69 Å². The van der Waals surface area contributed by atoms with Gasteiger partial charge in [-0.25, -0.2) is 0 Å². The fraction of sp³-hybridized carbons (Fsp3) is 0.615. The predicted molar refractivity (Wildman–Crippen MR) is 69.3 cm³/mol. The number of pyridine rings is 1. The minimum atomic E-state index is -1.66. The van der Waals surface area contributed by atoms with Crippen molar-refractivity contribution < 1.29 is 4.57 Å². The van der Waals surface area contributed by atoms with Gasteiger partial charge in [-0.1, -0.05) is 0 Å². The van der Waals surface area contributed by atoms with Crippen LogP contribution in [0.4, 0.5) is 0 Å². The summed E-state index contributed by atoms with van der Waals surface area (Å²) in [6, 6.07) is 4.63. The molecule has 0 bridgehead atoms. The van der Waals surface area contributed by atoms with E-state index in [1.54, 1.807) is 4.40 Å². The normalized spacial score (nSPS) is 13.0. The van der Waals surface area contributed by atoms with Gasteiger partial charge in [0.1, 0.15) is 0 Å². The van der Waals surface area contributed by atoms with Crippen LogP contribution >= 0.6 is 0 Å². The number of rotatable bonds is 1. The molecule has 1 heterocycles. The van der Waals surface area contributed by atoms with Gasteiger partial charge in [0.2, 0.25) is 0 Å². The number of hydrogen-bond acceptors (Lipinski definition) is 0. The van der Waals surface area contributed by atoms with E-state index in [0.29, 0.717) is 0 Å². The molecule has 0 aromatic carbocycles. The molecule has 0 amide bonds. The van der Waals surface area contributed by atoms with Crippen LogP contribution < -0.4 is 8.96 Å². The zero-order valence-electron chi connectivity index (χ0n) is 11.2. The van der Waals surface area contributed by atoms with Crippen molar-refractivity contribution in [2.75, 3.05) is 0 Å². The van der Waals surface area contributed by atoms with Crippen molar-refractivity contribution in [2.45, 2.75) is 43.5 Å². The molecule has 0 aliphatic carbocycles. The molecule has 0 unspecified atom stereocenters. The molecule has 1 aromatic rings. The maximum atomic E-state index is 2.44. The standard InChI is InChI=1S/C13H24GeN/c1-13(2,3)12-9-8-11(10-15(12)7)14(4,5)6/h8-10H,1-7H3/q+1. The summed E-state index contributed by atoms with van der Waals surface area (Å²) < 4.78 is 3.87. The third-order valence-electron chi connectivity index (χ3n) is 2.77. The maximum absolute atomic E-state index is 2.44. The number of aromatic nitrogens is 1. The Balaban J connectivity index is 3.21. The first-order chi connectivity index (χ1) is 6.62. The van der Waals surface area contributed by atoms with Crippen molar-refractivity contribution in [3.8, 4) is 0 Å². The Kier molecular flexibility index (Phi) is 3.34. The van der Waals surface area contributed by atoms with Crippen LogP contribution in [-0.4, -0.2) is 13.3 Å². The predicted octanol–water partition coefficient (Wildman–Crippen LogP) is 2.35. The van der Waals surface area contributed by atoms with Gasteiger partial charge in [-0.2, -0.15) is 0 Å². The molecule has 84 valence electrons. The van der Waals surface area contributed by atoms with Gasteiger partial charge in [-0.05, 0) is 0 Å². The summed E-state index contributed by atoms with van der Waals surface area (Å²) >= 11 is -1.66. The van der Waals surface area contributed by atoms with E-state index in [-0.39, 0.29) is 5.41 Å². The molecular weight excluding hydrogens is 243 g/mol. The second-order valence-electron chi connectivity index (χ2n) is 6.41. The molecule has 2 heteroatoms. The van der Waals surface area contributed by atoms with Crippen molar-refractivity contribution in [2.24, 2.45) is 7.05 Å². The fourth-order valence-electron chi connectivity index (χ4n) is 1.83. The quantitative estimate of drug-likeness (QED) is 0.543. The average molecular weight is 267 g/mol. The Labute approximate surface area is 96.9 Å². The van der Waals surface area contributed by atoms with E-state index in [2.05, 4.69) is 68.0 Å². The molecule has 0 saturated carbocycles. The van der Waals surface area contributed by atoms with Gasteiger partial charge < -0.3 is 0 Å². The van der Waals surface area contributed by atoms with Crippen LogP contribution in [0.25, 0.3) is 0 Å². The number of nitrogens with zero attached hydrogens (tertiary/aromatic N) is 1. The monoisotopic (exact) mass is 268 g/mol. The van der Waals surface area contributed by atoms with Crippen molar-refractivity contribution in [1.29, 1.82) is 0 Å². The van der Waals surface area contributed by atoms with E-state index in [9.17, 15) is 0 Å². The summed E-state index contributed by atoms with van der Waals surface area (Å²) in [6.07, 6.45) is 2.33. The molecule has 1 nitrogen and oxygen atoms in total. The van der Waals surface area contributed by atoms with E-state index >= 15 is 0 Å². The summed E-state index contributed by atoms with van der Waals surface area (Å²) in [5, 5.41) is 0. The van der Waals surface area contributed by atoms with E-state index in [4.69, 9.17) is 0 Å². The van der Waals surface area contributed by atoms with E-state index in [0.717, 1.165) is 0 Å². The van der Waals surface area contributed by atoms with Crippen LogP contribution in [0.5, 0.6) is 0 Å². The Bertz CT molecular complexity index is 356. The zero-order chi connectivity index (χ0) is 11.9. The molecule has 0 spiro atoms. The van der Waals surface area contributed by atoms with Gasteiger partial charge in [0.15, 0.2) is 0 Å². The molecule has 0 aliphatic heterocycles. The van der Waals surface area contributed by atoms with Crippen molar-refractivity contribution >= 4 is 17.7 Å². The van der Waals surface area contributed by atoms with Crippen LogP contribution in [0.1, 0.15) is 26.5 Å². The van der Waals surface area contributed by atoms with Crippen LogP contribution in [0, 0.1) is 0 Å². The van der Waals surface area contributed by atoms with Crippen molar-refractivity contribution in [3.05, 3.63) is 24.0 Å². The minimum absolute atomic E-state index is 0.234. The molecule has 1 aromatic heterocycles. The van der Waals surface area contributed by atoms with Crippen molar-refractivity contribution in [1.82, 2.24) is 0 Å². The molecule has 0 saturated heterocycles.